The van der Waals surface area contributed by atoms with Crippen molar-refractivity contribution >= 4 is 18.6 Å². The quantitative estimate of drug-likeness (QED) is 0.666. The van der Waals surface area contributed by atoms with Crippen LogP contribution in [0.2, 0.25) is 10.6 Å². The first-order valence-corrected chi connectivity index (χ1v) is 7.17. The Bertz CT molecular complexity index is 256. The maximum Gasteiger partial charge on any atom is 0.311 e. The summed E-state index contributed by atoms with van der Waals surface area (Å²) in [5.74, 6) is 1.09. The van der Waals surface area contributed by atoms with Gasteiger partial charge in [-0.1, -0.05) is 47.0 Å². The van der Waals surface area contributed by atoms with Gasteiger partial charge in [0.1, 0.15) is 5.75 Å². The summed E-state index contributed by atoms with van der Waals surface area (Å²) in [5, 5.41) is 2.63. The number of benzene rings is 1. The van der Waals surface area contributed by atoms with E-state index in [1.54, 1.807) is 7.11 Å². The second kappa shape index (κ2) is 5.32. The van der Waals surface area contributed by atoms with E-state index >= 15 is 0 Å². The van der Waals surface area contributed by atoms with Crippen LogP contribution in [-0.2, 0) is 0 Å². The molecule has 0 aromatic heterocycles. The van der Waals surface area contributed by atoms with E-state index in [-0.39, 0.29) is 0 Å². The van der Waals surface area contributed by atoms with Gasteiger partial charge >= 0.3 is 14.1 Å². The molecule has 0 fully saturated rings. The largest absolute Gasteiger partial charge is 0.498 e. The third kappa shape index (κ3) is 2.50. The Morgan fingerprint density at radius 1 is 1.15 bits per heavy atom. The maximum atomic E-state index is 5.36. The van der Waals surface area contributed by atoms with E-state index in [1.165, 1.54) is 15.0 Å². The average molecular weight is 192 g/mol. The molecule has 2 heteroatoms. The molecule has 0 heterocycles. The molecule has 70 valence electrons. The average Bonchev–Trinajstić information content (AvgIpc) is 2.20. The van der Waals surface area contributed by atoms with Gasteiger partial charge in [-0.25, -0.2) is 0 Å². The van der Waals surface area contributed by atoms with Gasteiger partial charge < -0.3 is 4.74 Å². The van der Waals surface area contributed by atoms with E-state index in [1.807, 2.05) is 6.07 Å². The molecule has 1 aromatic carbocycles. The molecular weight excluding hydrogens is 175 g/mol. The second-order valence-corrected chi connectivity index (χ2v) is 6.90. The first kappa shape index (κ1) is 10.6. The molecule has 0 aliphatic rings. The summed E-state index contributed by atoms with van der Waals surface area (Å²) >= 11 is -0.732. The summed E-state index contributed by atoms with van der Waals surface area (Å²) < 4.78 is 6.85. The zero-order valence-electron chi connectivity index (χ0n) is 8.71. The predicted octanol–water partition coefficient (Wildman–Crippen LogP) is 2.44. The fourth-order valence-electron chi connectivity index (χ4n) is 1.73. The molecule has 0 bridgehead atoms. The van der Waals surface area contributed by atoms with Crippen molar-refractivity contribution in [1.29, 1.82) is 0 Å². The van der Waals surface area contributed by atoms with E-state index in [0.29, 0.717) is 0 Å². The molecule has 0 aliphatic carbocycles. The molecule has 1 rings (SSSR count). The van der Waals surface area contributed by atoms with Gasteiger partial charge in [0.25, 0.3) is 0 Å². The summed E-state index contributed by atoms with van der Waals surface area (Å²) in [5.41, 5.74) is 0. The van der Waals surface area contributed by atoms with Crippen molar-refractivity contribution < 1.29 is 4.74 Å². The Morgan fingerprint density at radius 3 is 2.31 bits per heavy atom. The molecule has 0 atom stereocenters. The third-order valence-corrected chi connectivity index (χ3v) is 5.89. The minimum absolute atomic E-state index is 0.732. The molecule has 0 radical (unpaired) electrons. The van der Waals surface area contributed by atoms with Crippen molar-refractivity contribution in [3.8, 4) is 5.75 Å². The highest BCUT2D eigenvalue weighted by molar-refractivity contribution is 6.73. The molecule has 0 saturated heterocycles. The van der Waals surface area contributed by atoms with Crippen LogP contribution in [0.3, 0.4) is 0 Å². The lowest BCUT2D eigenvalue weighted by Crippen LogP contribution is -2.29. The lowest BCUT2D eigenvalue weighted by molar-refractivity contribution is 0.418. The summed E-state index contributed by atoms with van der Waals surface area (Å²) in [6.45, 7) is 4.57. The van der Waals surface area contributed by atoms with Crippen LogP contribution < -0.4 is 9.16 Å². The van der Waals surface area contributed by atoms with Gasteiger partial charge in [0.05, 0.1) is 7.11 Å². The Labute approximate surface area is 85.1 Å². The molecule has 0 unspecified atom stereocenters. The molecule has 0 amide bonds. The summed E-state index contributed by atoms with van der Waals surface area (Å²) in [6, 6.07) is 8.45. The Balaban J connectivity index is 2.96. The number of hydrogen-bond acceptors (Lipinski definition) is 1. The summed E-state index contributed by atoms with van der Waals surface area (Å²) in [6.07, 6.45) is 0. The van der Waals surface area contributed by atoms with Crippen LogP contribution in [0.5, 0.6) is 5.75 Å². The van der Waals surface area contributed by atoms with Crippen molar-refractivity contribution in [2.75, 3.05) is 7.11 Å². The van der Waals surface area contributed by atoms with Crippen LogP contribution in [0.4, 0.5) is 0 Å². The summed E-state index contributed by atoms with van der Waals surface area (Å²) in [4.78, 5) is 0. The Kier molecular flexibility index (Phi) is 4.35. The van der Waals surface area contributed by atoms with Gasteiger partial charge in [0.15, 0.2) is 0 Å². The molecule has 0 saturated carbocycles. The fraction of sp³-hybridized carbons (Fsp3) is 0.455. The topological polar surface area (TPSA) is 9.23 Å². The monoisotopic (exact) mass is 192 g/mol. The van der Waals surface area contributed by atoms with Gasteiger partial charge in [0, 0.05) is 0 Å². The molecule has 0 spiro atoms. The molecule has 0 N–H and O–H groups in total. The minimum atomic E-state index is -0.732. The van der Waals surface area contributed by atoms with Crippen LogP contribution in [0.1, 0.15) is 13.8 Å². The number of rotatable bonds is 4. The number of methoxy groups -OCH3 is 1. The molecule has 1 aromatic rings. The first-order chi connectivity index (χ1) is 6.33. The van der Waals surface area contributed by atoms with Crippen molar-refractivity contribution in [3.05, 3.63) is 24.3 Å². The van der Waals surface area contributed by atoms with Gasteiger partial charge in [-0.05, 0) is 6.07 Å². The SMILES string of the molecule is C[CH2][Al]([CH2]C)[c]1ccccc1OC. The number of ether oxygens (including phenoxy) is 1. The van der Waals surface area contributed by atoms with Crippen LogP contribution in [0, 0.1) is 0 Å². The lowest BCUT2D eigenvalue weighted by atomic mass is 10.3. The molecule has 0 aliphatic heterocycles. The molecule has 1 nitrogen and oxygen atoms in total. The standard InChI is InChI=1S/C7H7O.2C2H5.Al/c1-8-7-5-3-2-4-6-7;2*1-2;/h2-5H,1H3;2*1H2,2H3;. The third-order valence-electron chi connectivity index (χ3n) is 2.56. The van der Waals surface area contributed by atoms with Crippen LogP contribution in [-0.4, -0.2) is 21.3 Å². The van der Waals surface area contributed by atoms with Gasteiger partial charge in [0.2, 0.25) is 0 Å². The van der Waals surface area contributed by atoms with E-state index in [2.05, 4.69) is 32.0 Å². The van der Waals surface area contributed by atoms with E-state index in [9.17, 15) is 0 Å². The molecule has 13 heavy (non-hydrogen) atoms. The van der Waals surface area contributed by atoms with Gasteiger partial charge in [-0.2, -0.15) is 0 Å². The minimum Gasteiger partial charge on any atom is -0.498 e. The number of hydrogen-bond donors (Lipinski definition) is 0. The zero-order chi connectivity index (χ0) is 9.68. The van der Waals surface area contributed by atoms with Crippen molar-refractivity contribution in [2.45, 2.75) is 24.4 Å². The highest BCUT2D eigenvalue weighted by Gasteiger charge is 2.18. The van der Waals surface area contributed by atoms with Crippen molar-refractivity contribution in [2.24, 2.45) is 0 Å². The Hall–Kier alpha value is -0.448. The van der Waals surface area contributed by atoms with Crippen LogP contribution in [0.25, 0.3) is 0 Å². The normalized spacial score (nSPS) is 9.77. The highest BCUT2D eigenvalue weighted by atomic mass is 27.2. The molecular formula is C11H17AlO. The Morgan fingerprint density at radius 2 is 1.77 bits per heavy atom. The van der Waals surface area contributed by atoms with Crippen LogP contribution in [0.15, 0.2) is 24.3 Å². The second-order valence-electron chi connectivity index (χ2n) is 3.26. The van der Waals surface area contributed by atoms with E-state index in [0.717, 1.165) is 5.75 Å². The highest BCUT2D eigenvalue weighted by Crippen LogP contribution is 2.10. The van der Waals surface area contributed by atoms with E-state index in [4.69, 9.17) is 4.74 Å². The maximum absolute atomic E-state index is 5.36. The lowest BCUT2D eigenvalue weighted by Gasteiger charge is -2.12. The van der Waals surface area contributed by atoms with Crippen LogP contribution >= 0.6 is 0 Å². The summed E-state index contributed by atoms with van der Waals surface area (Å²) in [7, 11) is 1.76. The number of para-hydroxylation sites is 1. The van der Waals surface area contributed by atoms with Crippen molar-refractivity contribution in [1.82, 2.24) is 0 Å². The van der Waals surface area contributed by atoms with Gasteiger partial charge in [-0.3, -0.25) is 0 Å². The smallest absolute Gasteiger partial charge is 0.311 e. The fourth-order valence-corrected chi connectivity index (χ4v) is 4.19. The zero-order valence-corrected chi connectivity index (χ0v) is 9.86. The first-order valence-electron chi connectivity index (χ1n) is 4.96. The van der Waals surface area contributed by atoms with Crippen molar-refractivity contribution in [3.63, 3.8) is 0 Å². The predicted molar refractivity (Wildman–Crippen MR) is 59.3 cm³/mol. The van der Waals surface area contributed by atoms with Gasteiger partial charge in [-0.15, -0.1) is 0 Å². The van der Waals surface area contributed by atoms with E-state index < -0.39 is 14.1 Å².